The summed E-state index contributed by atoms with van der Waals surface area (Å²) >= 11 is -1.04. The van der Waals surface area contributed by atoms with Gasteiger partial charge in [0.25, 0.3) is 5.91 Å². The van der Waals surface area contributed by atoms with Gasteiger partial charge in [-0.15, -0.1) is 4.31 Å². The predicted octanol–water partition coefficient (Wildman–Crippen LogP) is 1.65. The second kappa shape index (κ2) is 9.98. The van der Waals surface area contributed by atoms with Gasteiger partial charge in [0, 0.05) is 68.0 Å². The Balaban J connectivity index is 1.52. The standard InChI is InChI=1S/C24H32N4O6S/c1-31-20-14-17-19(15-21(20)32-2)25-16-18(23(29)27-8-10-28(11-9-27)35(3)30)22(17)26-6-4-24(5-7-26)33-12-13-34-24/h14-16H,4-13H2,1-3H3. The first-order valence-corrected chi connectivity index (χ1v) is 13.4. The Morgan fingerprint density at radius 3 is 2.26 bits per heavy atom. The maximum absolute atomic E-state index is 13.8. The molecule has 0 radical (unpaired) electrons. The zero-order valence-electron chi connectivity index (χ0n) is 20.4. The van der Waals surface area contributed by atoms with Crippen molar-refractivity contribution in [1.82, 2.24) is 14.2 Å². The summed E-state index contributed by atoms with van der Waals surface area (Å²) < 4.78 is 36.6. The highest BCUT2D eigenvalue weighted by atomic mass is 32.2. The number of pyridine rings is 1. The summed E-state index contributed by atoms with van der Waals surface area (Å²) in [7, 11) is 3.19. The first-order chi connectivity index (χ1) is 16.9. The number of carbonyl (C=O) groups is 1. The van der Waals surface area contributed by atoms with Crippen molar-refractivity contribution in [2.45, 2.75) is 18.6 Å². The Bertz CT molecular complexity index is 1080. The fraction of sp³-hybridized carbons (Fsp3) is 0.583. The lowest BCUT2D eigenvalue weighted by Gasteiger charge is -2.40. The highest BCUT2D eigenvalue weighted by Crippen LogP contribution is 2.41. The third kappa shape index (κ3) is 4.63. The maximum Gasteiger partial charge on any atom is 0.257 e. The number of ether oxygens (including phenoxy) is 4. The summed E-state index contributed by atoms with van der Waals surface area (Å²) in [6, 6.07) is 3.74. The van der Waals surface area contributed by atoms with E-state index in [4.69, 9.17) is 18.9 Å². The minimum Gasteiger partial charge on any atom is -0.598 e. The van der Waals surface area contributed by atoms with Gasteiger partial charge in [-0.1, -0.05) is 0 Å². The molecule has 11 heteroatoms. The Hall–Kier alpha value is -2.31. The fourth-order valence-electron chi connectivity index (χ4n) is 5.18. The van der Waals surface area contributed by atoms with Gasteiger partial charge >= 0.3 is 0 Å². The molecular formula is C24H32N4O6S. The van der Waals surface area contributed by atoms with Crippen LogP contribution >= 0.6 is 0 Å². The van der Waals surface area contributed by atoms with Crippen LogP contribution in [0.3, 0.4) is 0 Å². The van der Waals surface area contributed by atoms with E-state index in [0.717, 1.165) is 29.4 Å². The molecule has 190 valence electrons. The molecule has 35 heavy (non-hydrogen) atoms. The molecule has 1 aromatic carbocycles. The lowest BCUT2D eigenvalue weighted by atomic mass is 9.99. The average Bonchev–Trinajstić information content (AvgIpc) is 3.35. The molecule has 1 aromatic heterocycles. The van der Waals surface area contributed by atoms with E-state index in [0.29, 0.717) is 69.5 Å². The van der Waals surface area contributed by atoms with Crippen LogP contribution in [-0.4, -0.2) is 103 Å². The summed E-state index contributed by atoms with van der Waals surface area (Å²) in [5.74, 6) is 0.588. The van der Waals surface area contributed by atoms with Crippen LogP contribution in [0, 0.1) is 0 Å². The molecule has 0 aliphatic carbocycles. The molecular weight excluding hydrogens is 472 g/mol. The molecule has 1 atom stereocenters. The second-order valence-corrected chi connectivity index (χ2v) is 10.3. The average molecular weight is 505 g/mol. The van der Waals surface area contributed by atoms with Gasteiger partial charge in [0.15, 0.2) is 17.3 Å². The van der Waals surface area contributed by atoms with Crippen molar-refractivity contribution in [3.63, 3.8) is 0 Å². The number of carbonyl (C=O) groups excluding carboxylic acids is 1. The molecule has 3 aliphatic rings. The van der Waals surface area contributed by atoms with Crippen molar-refractivity contribution in [3.05, 3.63) is 23.9 Å². The number of aromatic nitrogens is 1. The molecule has 3 fully saturated rings. The SMILES string of the molecule is COc1cc2ncc(C(=O)N3CCN([S+](C)[O-])CC3)c(N3CCC4(CC3)OCCO4)c2cc1OC. The first-order valence-electron chi connectivity index (χ1n) is 11.9. The van der Waals surface area contributed by atoms with E-state index in [1.807, 2.05) is 21.3 Å². The number of hydrogen-bond acceptors (Lipinski definition) is 9. The summed E-state index contributed by atoms with van der Waals surface area (Å²) in [6.07, 6.45) is 4.78. The van der Waals surface area contributed by atoms with Crippen LogP contribution in [0.25, 0.3) is 10.9 Å². The van der Waals surface area contributed by atoms with Crippen LogP contribution in [0.4, 0.5) is 5.69 Å². The van der Waals surface area contributed by atoms with E-state index in [1.165, 1.54) is 0 Å². The molecule has 3 aliphatic heterocycles. The van der Waals surface area contributed by atoms with Crippen LogP contribution < -0.4 is 14.4 Å². The third-order valence-electron chi connectivity index (χ3n) is 7.12. The zero-order chi connectivity index (χ0) is 24.6. The summed E-state index contributed by atoms with van der Waals surface area (Å²) in [5, 5.41) is 0.839. The van der Waals surface area contributed by atoms with Crippen molar-refractivity contribution in [2.24, 2.45) is 0 Å². The van der Waals surface area contributed by atoms with Crippen LogP contribution in [0.1, 0.15) is 23.2 Å². The normalized spacial score (nSPS) is 21.5. The smallest absolute Gasteiger partial charge is 0.257 e. The molecule has 4 heterocycles. The minimum atomic E-state index is -1.04. The predicted molar refractivity (Wildman–Crippen MR) is 132 cm³/mol. The summed E-state index contributed by atoms with van der Waals surface area (Å²) in [6.45, 7) is 4.82. The Kier molecular flexibility index (Phi) is 6.95. The van der Waals surface area contributed by atoms with E-state index < -0.39 is 17.1 Å². The number of rotatable bonds is 5. The van der Waals surface area contributed by atoms with Gasteiger partial charge in [0.05, 0.1) is 57.3 Å². The highest BCUT2D eigenvalue weighted by molar-refractivity contribution is 7.88. The summed E-state index contributed by atoms with van der Waals surface area (Å²) in [5.41, 5.74) is 2.13. The van der Waals surface area contributed by atoms with Crippen molar-refractivity contribution >= 4 is 33.9 Å². The Labute approximate surface area is 208 Å². The van der Waals surface area contributed by atoms with E-state index in [1.54, 1.807) is 26.7 Å². The van der Waals surface area contributed by atoms with E-state index in [-0.39, 0.29) is 5.91 Å². The molecule has 5 rings (SSSR count). The molecule has 1 unspecified atom stereocenters. The maximum atomic E-state index is 13.8. The number of hydrogen-bond donors (Lipinski definition) is 0. The molecule has 0 saturated carbocycles. The number of fused-ring (bicyclic) bond motifs is 1. The number of nitrogens with zero attached hydrogens (tertiary/aromatic N) is 4. The van der Waals surface area contributed by atoms with E-state index >= 15 is 0 Å². The Morgan fingerprint density at radius 2 is 1.66 bits per heavy atom. The largest absolute Gasteiger partial charge is 0.598 e. The van der Waals surface area contributed by atoms with Crippen LogP contribution in [0.15, 0.2) is 18.3 Å². The van der Waals surface area contributed by atoms with Gasteiger partial charge in [-0.05, 0) is 6.07 Å². The summed E-state index contributed by atoms with van der Waals surface area (Å²) in [4.78, 5) is 22.5. The monoisotopic (exact) mass is 504 g/mol. The number of amides is 1. The number of piperidine rings is 1. The molecule has 0 bridgehead atoms. The second-order valence-electron chi connectivity index (χ2n) is 8.98. The third-order valence-corrected chi connectivity index (χ3v) is 8.21. The van der Waals surface area contributed by atoms with Gasteiger partial charge in [-0.2, -0.15) is 0 Å². The van der Waals surface area contributed by atoms with Crippen LogP contribution in [0.5, 0.6) is 11.5 Å². The van der Waals surface area contributed by atoms with Crippen molar-refractivity contribution in [2.75, 3.05) is 77.9 Å². The van der Waals surface area contributed by atoms with Gasteiger partial charge in [-0.25, -0.2) is 0 Å². The lowest BCUT2D eigenvalue weighted by molar-refractivity contribution is -0.169. The molecule has 1 spiro atoms. The van der Waals surface area contributed by atoms with Crippen molar-refractivity contribution in [1.29, 1.82) is 0 Å². The molecule has 2 aromatic rings. The molecule has 3 saturated heterocycles. The van der Waals surface area contributed by atoms with Crippen molar-refractivity contribution in [3.8, 4) is 11.5 Å². The highest BCUT2D eigenvalue weighted by Gasteiger charge is 2.41. The van der Waals surface area contributed by atoms with Gasteiger partial charge in [0.1, 0.15) is 6.26 Å². The van der Waals surface area contributed by atoms with Crippen molar-refractivity contribution < 1.29 is 28.3 Å². The fourth-order valence-corrected chi connectivity index (χ4v) is 5.86. The quantitative estimate of drug-likeness (QED) is 0.563. The minimum absolute atomic E-state index is 0.0700. The van der Waals surface area contributed by atoms with Crippen LogP contribution in [0.2, 0.25) is 0 Å². The van der Waals surface area contributed by atoms with E-state index in [2.05, 4.69) is 9.88 Å². The zero-order valence-corrected chi connectivity index (χ0v) is 21.3. The number of methoxy groups -OCH3 is 2. The topological polar surface area (TPSA) is 99.7 Å². The number of piperazine rings is 1. The van der Waals surface area contributed by atoms with Crippen LogP contribution in [-0.2, 0) is 20.8 Å². The van der Waals surface area contributed by atoms with Gasteiger partial charge < -0.3 is 33.3 Å². The first kappa shape index (κ1) is 24.4. The van der Waals surface area contributed by atoms with Gasteiger partial charge in [0.2, 0.25) is 0 Å². The van der Waals surface area contributed by atoms with Gasteiger partial charge in [-0.3, -0.25) is 9.78 Å². The van der Waals surface area contributed by atoms with E-state index in [9.17, 15) is 9.35 Å². The molecule has 10 nitrogen and oxygen atoms in total. The molecule has 0 N–H and O–H groups in total. The number of anilines is 1. The number of benzene rings is 1. The lowest BCUT2D eigenvalue weighted by Crippen LogP contribution is -2.50. The molecule has 1 amide bonds. The Morgan fingerprint density at radius 1 is 1.03 bits per heavy atom.